The minimum Gasteiger partial charge on any atom is -0.455 e. The average Bonchev–Trinajstić information content (AvgIpc) is 3.17. The number of rotatable bonds is 10. The molecule has 3 N–H and O–H groups in total. The molecule has 57 heavy (non-hydrogen) atoms. The maximum absolute atomic E-state index is 15.0. The van der Waals surface area contributed by atoms with Gasteiger partial charge < -0.3 is 39.0 Å². The lowest BCUT2D eigenvalue weighted by Gasteiger charge is -2.67. The van der Waals surface area contributed by atoms with Gasteiger partial charge in [-0.2, -0.15) is 5.11 Å². The predicted molar refractivity (Wildman–Crippen MR) is 199 cm³/mol. The summed E-state index contributed by atoms with van der Waals surface area (Å²) in [7, 11) is 5.42. The summed E-state index contributed by atoms with van der Waals surface area (Å²) in [5, 5.41) is 44.8. The lowest BCUT2D eigenvalue weighted by molar-refractivity contribution is -0.346. The van der Waals surface area contributed by atoms with E-state index in [1.165, 1.54) is 39.8 Å². The molecule has 2 aromatic rings. The number of aliphatic hydroxyl groups is 3. The van der Waals surface area contributed by atoms with Crippen LogP contribution in [0.4, 0.5) is 0 Å². The molecule has 2 bridgehead atoms. The number of ether oxygens (including phenoxy) is 5. The number of hydrogen-bond acceptors (Lipinski definition) is 15. The van der Waals surface area contributed by atoms with E-state index in [0.717, 1.165) is 6.92 Å². The highest BCUT2D eigenvalue weighted by atomic mass is 35.5. The molecule has 0 amide bonds. The summed E-state index contributed by atoms with van der Waals surface area (Å²) in [6, 6.07) is 14.7. The Bertz CT molecular complexity index is 1980. The van der Waals surface area contributed by atoms with Crippen LogP contribution in [0.5, 0.6) is 0 Å². The summed E-state index contributed by atoms with van der Waals surface area (Å²) >= 11 is 5.76. The minimum atomic E-state index is -2.37. The van der Waals surface area contributed by atoms with Crippen molar-refractivity contribution >= 4 is 49.2 Å². The molecule has 0 spiro atoms. The van der Waals surface area contributed by atoms with Gasteiger partial charge in [-0.15, -0.1) is 11.6 Å². The van der Waals surface area contributed by atoms with Crippen LogP contribution in [0.1, 0.15) is 69.4 Å². The first-order valence-electron chi connectivity index (χ1n) is 18.4. The zero-order valence-electron chi connectivity index (χ0n) is 32.0. The molecule has 1 heterocycles. The van der Waals surface area contributed by atoms with Crippen LogP contribution in [0.3, 0.4) is 0 Å². The van der Waals surface area contributed by atoms with Crippen LogP contribution in [0.2, 0.25) is 0 Å². The lowest BCUT2D eigenvalue weighted by Crippen LogP contribution is -2.81. The third kappa shape index (κ3) is 6.88. The van der Waals surface area contributed by atoms with Crippen molar-refractivity contribution in [3.8, 4) is 0 Å². The van der Waals surface area contributed by atoms with Gasteiger partial charge in [0.2, 0.25) is 6.10 Å². The Morgan fingerprint density at radius 1 is 1.02 bits per heavy atom. The van der Waals surface area contributed by atoms with Gasteiger partial charge in [-0.3, -0.25) is 19.4 Å². The van der Waals surface area contributed by atoms with Gasteiger partial charge in [0.15, 0.2) is 11.4 Å². The van der Waals surface area contributed by atoms with Crippen molar-refractivity contribution in [3.63, 3.8) is 0 Å². The van der Waals surface area contributed by atoms with Crippen molar-refractivity contribution < 1.29 is 63.0 Å². The van der Waals surface area contributed by atoms with Gasteiger partial charge in [0.25, 0.3) is 7.98 Å². The molecule has 2 radical (unpaired) electrons. The summed E-state index contributed by atoms with van der Waals surface area (Å²) in [4.78, 5) is 68.8. The molecule has 1 aliphatic heterocycles. The fourth-order valence-corrected chi connectivity index (χ4v) is 9.48. The largest absolute Gasteiger partial charge is 0.455 e. The molecule has 3 aliphatic carbocycles. The van der Waals surface area contributed by atoms with E-state index in [4.69, 9.17) is 43.3 Å². The molecule has 0 aromatic heterocycles. The van der Waals surface area contributed by atoms with E-state index in [9.17, 15) is 39.3 Å². The Morgan fingerprint density at radius 2 is 1.65 bits per heavy atom. The van der Waals surface area contributed by atoms with Gasteiger partial charge in [0.05, 0.1) is 29.6 Å². The number of alkyl halides is 1. The maximum Gasteiger partial charge on any atom is 0.350 e. The molecule has 3 fully saturated rings. The maximum atomic E-state index is 15.0. The summed E-state index contributed by atoms with van der Waals surface area (Å²) < 4.78 is 29.7. The number of Topliss-reactive ketones (excluding diaryl/α,β-unsaturated/α-hetero) is 1. The minimum absolute atomic E-state index is 0.0732. The Kier molecular flexibility index (Phi) is 11.6. The normalized spacial score (nSPS) is 33.9. The number of fused-ring (bicyclic) bond motifs is 5. The van der Waals surface area contributed by atoms with E-state index >= 15 is 0 Å². The molecule has 1 saturated heterocycles. The van der Waals surface area contributed by atoms with Gasteiger partial charge in [-0.1, -0.05) is 62.4 Å². The molecule has 2 saturated carbocycles. The molecule has 17 heteroatoms. The lowest BCUT2D eigenvalue weighted by atomic mass is 9.44. The number of halogens is 1. The SMILES string of the molecule is [B]N=N[C@@H](c1ccccc1)[C@@H](OC(=O)CCl)C(=O)O[C@H]1C[C@@]2(O)[C@@H](OC(=O)c3ccccc3)[C@@H]3[C@]4(OC(C)=O)CO[C@@H]4C[C@H](O)[C@@]3(C)C(=O)[C@H](O)C(=C1C)C2(C)C. The van der Waals surface area contributed by atoms with Crippen molar-refractivity contribution in [2.24, 2.45) is 26.9 Å². The zero-order chi connectivity index (χ0) is 41.7. The van der Waals surface area contributed by atoms with E-state index in [1.54, 1.807) is 48.5 Å². The third-order valence-electron chi connectivity index (χ3n) is 12.4. The first-order valence-corrected chi connectivity index (χ1v) is 18.9. The summed E-state index contributed by atoms with van der Waals surface area (Å²) in [6.45, 7) is 6.81. The highest BCUT2D eigenvalue weighted by Gasteiger charge is 2.78. The molecule has 4 aliphatic rings. The fourth-order valence-electron chi connectivity index (χ4n) is 9.42. The van der Waals surface area contributed by atoms with Crippen molar-refractivity contribution in [2.45, 2.75) is 101 Å². The van der Waals surface area contributed by atoms with Crippen molar-refractivity contribution in [1.82, 2.24) is 0 Å². The highest BCUT2D eigenvalue weighted by molar-refractivity contribution is 6.26. The first-order chi connectivity index (χ1) is 26.9. The molecular formula is C40H44BClN2O13. The average molecular weight is 807 g/mol. The molecule has 302 valence electrons. The molecule has 2 aromatic carbocycles. The zero-order valence-corrected chi connectivity index (χ0v) is 32.8. The quantitative estimate of drug-likeness (QED) is 0.0787. The van der Waals surface area contributed by atoms with Crippen LogP contribution in [0, 0.1) is 16.7 Å². The Morgan fingerprint density at radius 3 is 2.21 bits per heavy atom. The molecule has 6 rings (SSSR count). The van der Waals surface area contributed by atoms with Gasteiger partial charge in [0, 0.05) is 25.2 Å². The fraction of sp³-hybridized carbons (Fsp3) is 0.525. The number of hydrogen-bond donors (Lipinski definition) is 3. The molecule has 0 unspecified atom stereocenters. The van der Waals surface area contributed by atoms with Crippen molar-refractivity contribution in [1.29, 1.82) is 0 Å². The van der Waals surface area contributed by atoms with E-state index in [0.29, 0.717) is 5.56 Å². The summed E-state index contributed by atoms with van der Waals surface area (Å²) in [6.07, 6.45) is -10.4. The van der Waals surface area contributed by atoms with Crippen molar-refractivity contribution in [2.75, 3.05) is 12.5 Å². The van der Waals surface area contributed by atoms with Crippen LogP contribution in [0.25, 0.3) is 0 Å². The van der Waals surface area contributed by atoms with E-state index < -0.39 is 113 Å². The Balaban J connectivity index is 1.54. The summed E-state index contributed by atoms with van der Waals surface area (Å²) in [5.41, 5.74) is -7.27. The second-order valence-corrected chi connectivity index (χ2v) is 16.0. The molecule has 11 atom stereocenters. The number of aliphatic hydroxyl groups excluding tert-OH is 2. The van der Waals surface area contributed by atoms with Crippen LogP contribution >= 0.6 is 11.6 Å². The predicted octanol–water partition coefficient (Wildman–Crippen LogP) is 3.06. The first kappa shape index (κ1) is 42.1. The molecular weight excluding hydrogens is 763 g/mol. The number of benzene rings is 2. The number of esters is 4. The van der Waals surface area contributed by atoms with Crippen molar-refractivity contribution in [3.05, 3.63) is 82.9 Å². The molecule has 15 nitrogen and oxygen atoms in total. The number of ketones is 1. The van der Waals surface area contributed by atoms with E-state index in [-0.39, 0.29) is 29.7 Å². The van der Waals surface area contributed by atoms with E-state index in [1.807, 2.05) is 0 Å². The van der Waals surface area contributed by atoms with Crippen LogP contribution < -0.4 is 0 Å². The number of nitrogens with zero attached hydrogens (tertiary/aromatic N) is 2. The highest BCUT2D eigenvalue weighted by Crippen LogP contribution is 2.64. The monoisotopic (exact) mass is 806 g/mol. The van der Waals surface area contributed by atoms with Crippen LogP contribution in [-0.2, 0) is 42.9 Å². The topological polar surface area (TPSA) is 217 Å². The standard InChI is InChI=1S/C40H44BClN2O13/c1-20-24(54-36(51)31(55-27(47)18-42)29(43-44-41)22-12-8-6-9-13-22)17-40(52)34(56-35(50)23-14-10-7-11-15-23)32-38(5,33(49)30(48)28(20)37(40,3)4)25(46)16-26-39(32,19-53-26)57-21(2)45/h6-15,24-26,29-32,34,46,48,52H,16-19H2,1-5H3/t24-,25-,26+,29-,30+,31+,32-,34-,38+,39-,40+/m0/s1. The van der Waals surface area contributed by atoms with Crippen LogP contribution in [0.15, 0.2) is 81.9 Å². The van der Waals surface area contributed by atoms with Gasteiger partial charge in [-0.25, -0.2) is 9.59 Å². The van der Waals surface area contributed by atoms with Gasteiger partial charge >= 0.3 is 23.9 Å². The van der Waals surface area contributed by atoms with Gasteiger partial charge in [-0.05, 0) is 42.7 Å². The van der Waals surface area contributed by atoms with Crippen LogP contribution in [-0.4, -0.2) is 113 Å². The second-order valence-electron chi connectivity index (χ2n) is 15.7. The second kappa shape index (κ2) is 15.7. The summed E-state index contributed by atoms with van der Waals surface area (Å²) in [5.74, 6) is -6.99. The Hall–Kier alpha value is -4.48. The van der Waals surface area contributed by atoms with E-state index in [2.05, 4.69) is 10.1 Å². The number of carbonyl (C=O) groups is 5. The number of carbonyl (C=O) groups excluding carboxylic acids is 5. The third-order valence-corrected chi connectivity index (χ3v) is 12.6. The van der Waals surface area contributed by atoms with Gasteiger partial charge in [0.1, 0.15) is 41.9 Å². The Labute approximate surface area is 335 Å². The smallest absolute Gasteiger partial charge is 0.350 e.